The minimum atomic E-state index is -0.515. The van der Waals surface area contributed by atoms with Crippen molar-refractivity contribution >= 4 is 52.5 Å². The van der Waals surface area contributed by atoms with Gasteiger partial charge in [0.15, 0.2) is 5.11 Å². The van der Waals surface area contributed by atoms with E-state index in [0.717, 1.165) is 17.7 Å². The Bertz CT molecular complexity index is 1180. The van der Waals surface area contributed by atoms with Gasteiger partial charge in [0.1, 0.15) is 5.57 Å². The standard InChI is InChI=1S/C23H18ClN3O2S/c1-2-15-6-3-4-8-20(15)27-22(29)19(21(28)25-23(27)30)14-18-7-5-13-26(18)17-11-9-16(24)10-12-17/h3-14H,2H2,1H3,(H,25,28,30)/b19-14+. The Hall–Kier alpha value is -3.22. The molecule has 4 rings (SSSR count). The lowest BCUT2D eigenvalue weighted by Gasteiger charge is -2.30. The summed E-state index contributed by atoms with van der Waals surface area (Å²) in [6.07, 6.45) is 4.17. The number of nitrogens with zero attached hydrogens (tertiary/aromatic N) is 2. The van der Waals surface area contributed by atoms with Gasteiger partial charge in [0.05, 0.1) is 5.69 Å². The van der Waals surface area contributed by atoms with Crippen molar-refractivity contribution in [2.24, 2.45) is 0 Å². The first-order valence-corrected chi connectivity index (χ1v) is 10.2. The highest BCUT2D eigenvalue weighted by atomic mass is 35.5. The Balaban J connectivity index is 1.76. The third kappa shape index (κ3) is 3.67. The maximum atomic E-state index is 13.3. The van der Waals surface area contributed by atoms with Gasteiger partial charge in [0.25, 0.3) is 11.8 Å². The van der Waals surface area contributed by atoms with Crippen LogP contribution < -0.4 is 10.2 Å². The fraction of sp³-hybridized carbons (Fsp3) is 0.0870. The maximum Gasteiger partial charge on any atom is 0.270 e. The second-order valence-corrected chi connectivity index (χ2v) is 7.54. The molecule has 1 aliphatic rings. The van der Waals surface area contributed by atoms with Crippen LogP contribution in [0.25, 0.3) is 11.8 Å². The number of halogens is 1. The quantitative estimate of drug-likeness (QED) is 0.372. The zero-order chi connectivity index (χ0) is 21.3. The largest absolute Gasteiger partial charge is 0.317 e. The highest BCUT2D eigenvalue weighted by Crippen LogP contribution is 2.26. The molecule has 1 N–H and O–H groups in total. The van der Waals surface area contributed by atoms with E-state index < -0.39 is 11.8 Å². The Kier molecular flexibility index (Phi) is 5.53. The van der Waals surface area contributed by atoms with Crippen LogP contribution in [0.2, 0.25) is 5.02 Å². The molecular weight excluding hydrogens is 418 g/mol. The van der Waals surface area contributed by atoms with E-state index in [9.17, 15) is 9.59 Å². The molecule has 1 aliphatic heterocycles. The molecule has 3 aromatic rings. The monoisotopic (exact) mass is 435 g/mol. The maximum absolute atomic E-state index is 13.3. The second kappa shape index (κ2) is 8.26. The van der Waals surface area contributed by atoms with E-state index in [2.05, 4.69) is 5.32 Å². The number of rotatable bonds is 4. The number of carbonyl (C=O) groups excluding carboxylic acids is 2. The van der Waals surface area contributed by atoms with Gasteiger partial charge in [0.2, 0.25) is 0 Å². The molecule has 1 fully saturated rings. The highest BCUT2D eigenvalue weighted by Gasteiger charge is 2.35. The van der Waals surface area contributed by atoms with Gasteiger partial charge in [-0.1, -0.05) is 36.7 Å². The van der Waals surface area contributed by atoms with Gasteiger partial charge in [-0.3, -0.25) is 19.8 Å². The third-order valence-corrected chi connectivity index (χ3v) is 5.43. The summed E-state index contributed by atoms with van der Waals surface area (Å²) in [5.74, 6) is -0.965. The fourth-order valence-electron chi connectivity index (χ4n) is 3.40. The Labute approximate surface area is 184 Å². The number of thiocarbonyl (C=S) groups is 1. The normalized spacial score (nSPS) is 15.6. The first-order valence-electron chi connectivity index (χ1n) is 9.42. The number of anilines is 1. The predicted molar refractivity (Wildman–Crippen MR) is 123 cm³/mol. The second-order valence-electron chi connectivity index (χ2n) is 6.72. The Morgan fingerprint density at radius 2 is 1.77 bits per heavy atom. The van der Waals surface area contributed by atoms with Crippen LogP contribution in [0.15, 0.2) is 72.4 Å². The van der Waals surface area contributed by atoms with Crippen molar-refractivity contribution in [3.8, 4) is 5.69 Å². The summed E-state index contributed by atoms with van der Waals surface area (Å²) in [7, 11) is 0. The topological polar surface area (TPSA) is 54.3 Å². The summed E-state index contributed by atoms with van der Waals surface area (Å²) in [5.41, 5.74) is 3.21. The van der Waals surface area contributed by atoms with Crippen LogP contribution in [0.3, 0.4) is 0 Å². The van der Waals surface area contributed by atoms with Gasteiger partial charge < -0.3 is 4.57 Å². The molecule has 30 heavy (non-hydrogen) atoms. The fourth-order valence-corrected chi connectivity index (χ4v) is 3.80. The van der Waals surface area contributed by atoms with Gasteiger partial charge in [-0.15, -0.1) is 0 Å². The van der Waals surface area contributed by atoms with Crippen LogP contribution in [-0.2, 0) is 16.0 Å². The Morgan fingerprint density at radius 1 is 1.03 bits per heavy atom. The van der Waals surface area contributed by atoms with Crippen LogP contribution in [0.1, 0.15) is 18.2 Å². The third-order valence-electron chi connectivity index (χ3n) is 4.89. The van der Waals surface area contributed by atoms with Gasteiger partial charge in [-0.2, -0.15) is 0 Å². The van der Waals surface area contributed by atoms with Gasteiger partial charge in [-0.05, 0) is 72.7 Å². The average molecular weight is 436 g/mol. The summed E-state index contributed by atoms with van der Waals surface area (Å²) < 4.78 is 1.88. The van der Waals surface area contributed by atoms with E-state index in [1.54, 1.807) is 18.2 Å². The molecule has 0 unspecified atom stereocenters. The number of para-hydroxylation sites is 1. The van der Waals surface area contributed by atoms with Gasteiger partial charge in [0, 0.05) is 22.6 Å². The van der Waals surface area contributed by atoms with Crippen molar-refractivity contribution < 1.29 is 9.59 Å². The van der Waals surface area contributed by atoms with E-state index in [1.165, 1.54) is 4.90 Å². The first kappa shape index (κ1) is 20.1. The van der Waals surface area contributed by atoms with Crippen molar-refractivity contribution in [2.45, 2.75) is 13.3 Å². The number of aromatic nitrogens is 1. The van der Waals surface area contributed by atoms with Crippen molar-refractivity contribution in [3.63, 3.8) is 0 Å². The average Bonchev–Trinajstić information content (AvgIpc) is 3.20. The van der Waals surface area contributed by atoms with Crippen molar-refractivity contribution in [1.82, 2.24) is 9.88 Å². The number of carbonyl (C=O) groups is 2. The number of aryl methyl sites for hydroxylation is 1. The molecule has 0 atom stereocenters. The van der Waals surface area contributed by atoms with Crippen LogP contribution in [0.4, 0.5) is 5.69 Å². The van der Waals surface area contributed by atoms with Crippen molar-refractivity contribution in [2.75, 3.05) is 4.90 Å². The molecule has 2 amide bonds. The van der Waals surface area contributed by atoms with Crippen molar-refractivity contribution in [1.29, 1.82) is 0 Å². The molecule has 1 aromatic heterocycles. The van der Waals surface area contributed by atoms with Crippen LogP contribution >= 0.6 is 23.8 Å². The van der Waals surface area contributed by atoms with Crippen LogP contribution in [0, 0.1) is 0 Å². The Morgan fingerprint density at radius 3 is 2.50 bits per heavy atom. The van der Waals surface area contributed by atoms with E-state index in [4.69, 9.17) is 23.8 Å². The lowest BCUT2D eigenvalue weighted by atomic mass is 10.1. The van der Waals surface area contributed by atoms with E-state index in [1.807, 2.05) is 66.2 Å². The molecule has 1 saturated heterocycles. The van der Waals surface area contributed by atoms with Gasteiger partial charge >= 0.3 is 0 Å². The van der Waals surface area contributed by atoms with E-state index >= 15 is 0 Å². The molecule has 0 aliphatic carbocycles. The van der Waals surface area contributed by atoms with Crippen LogP contribution in [-0.4, -0.2) is 21.5 Å². The summed E-state index contributed by atoms with van der Waals surface area (Å²) in [6, 6.07) is 18.5. The molecule has 0 saturated carbocycles. The van der Waals surface area contributed by atoms with Gasteiger partial charge in [-0.25, -0.2) is 0 Å². The number of benzene rings is 2. The summed E-state index contributed by atoms with van der Waals surface area (Å²) in [6.45, 7) is 2.00. The predicted octanol–water partition coefficient (Wildman–Crippen LogP) is 4.52. The highest BCUT2D eigenvalue weighted by molar-refractivity contribution is 7.80. The minimum Gasteiger partial charge on any atom is -0.317 e. The minimum absolute atomic E-state index is 0.0171. The number of amides is 2. The summed E-state index contributed by atoms with van der Waals surface area (Å²) in [5, 5.41) is 3.35. The molecule has 0 bridgehead atoms. The zero-order valence-corrected chi connectivity index (χ0v) is 17.7. The lowest BCUT2D eigenvalue weighted by Crippen LogP contribution is -2.54. The number of nitrogens with one attached hydrogen (secondary N) is 1. The van der Waals surface area contributed by atoms with E-state index in [-0.39, 0.29) is 10.7 Å². The smallest absolute Gasteiger partial charge is 0.270 e. The molecule has 2 aromatic carbocycles. The lowest BCUT2D eigenvalue weighted by molar-refractivity contribution is -0.122. The van der Waals surface area contributed by atoms with Crippen molar-refractivity contribution in [3.05, 3.63) is 88.7 Å². The number of hydrogen-bond donors (Lipinski definition) is 1. The molecular formula is C23H18ClN3O2S. The SMILES string of the molecule is CCc1ccccc1N1C(=O)/C(=C/c2cccn2-c2ccc(Cl)cc2)C(=O)NC1=S. The first-order chi connectivity index (χ1) is 14.5. The van der Waals surface area contributed by atoms with Crippen LogP contribution in [0.5, 0.6) is 0 Å². The van der Waals surface area contributed by atoms with E-state index in [0.29, 0.717) is 16.4 Å². The molecule has 150 valence electrons. The molecule has 2 heterocycles. The molecule has 0 spiro atoms. The zero-order valence-electron chi connectivity index (χ0n) is 16.1. The summed E-state index contributed by atoms with van der Waals surface area (Å²) >= 11 is 11.3. The number of hydrogen-bond acceptors (Lipinski definition) is 3. The molecule has 5 nitrogen and oxygen atoms in total. The molecule has 0 radical (unpaired) electrons. The molecule has 7 heteroatoms. The summed E-state index contributed by atoms with van der Waals surface area (Å²) in [4.78, 5) is 27.3.